The molecule has 9 heteroatoms. The van der Waals surface area contributed by atoms with E-state index in [0.29, 0.717) is 5.75 Å². The standard InChI is InChI=1S/C14H17N3O5S/c1-10(18)16-12(13(19)15-7-8-22-17(20)21)9-23-14(16)11-5-3-2-4-6-11/h2-6,12,14H,7-9H2,1H3,(H,15,19). The van der Waals surface area contributed by atoms with Gasteiger partial charge in [-0.15, -0.1) is 21.9 Å². The Morgan fingerprint density at radius 2 is 2.13 bits per heavy atom. The Bertz CT molecular complexity index is 583. The largest absolute Gasteiger partial charge is 0.352 e. The molecule has 0 aromatic heterocycles. The summed E-state index contributed by atoms with van der Waals surface area (Å²) in [6.07, 6.45) is 0. The molecule has 2 rings (SSSR count). The molecule has 1 fully saturated rings. The zero-order valence-corrected chi connectivity index (χ0v) is 13.3. The maximum atomic E-state index is 12.2. The average molecular weight is 339 g/mol. The molecule has 23 heavy (non-hydrogen) atoms. The maximum absolute atomic E-state index is 12.2. The van der Waals surface area contributed by atoms with Gasteiger partial charge in [-0.2, -0.15) is 0 Å². The third-order valence-electron chi connectivity index (χ3n) is 3.35. The fourth-order valence-corrected chi connectivity index (χ4v) is 3.86. The number of hydrogen-bond acceptors (Lipinski definition) is 6. The van der Waals surface area contributed by atoms with Crippen molar-refractivity contribution in [2.45, 2.75) is 18.3 Å². The molecule has 1 heterocycles. The first-order valence-electron chi connectivity index (χ1n) is 7.01. The highest BCUT2D eigenvalue weighted by Crippen LogP contribution is 2.41. The molecule has 0 bridgehead atoms. The minimum absolute atomic E-state index is 0.0166. The minimum Gasteiger partial charge on any atom is -0.352 e. The number of thioether (sulfide) groups is 1. The molecule has 0 saturated carbocycles. The lowest BCUT2D eigenvalue weighted by Crippen LogP contribution is -2.47. The summed E-state index contributed by atoms with van der Waals surface area (Å²) >= 11 is 1.52. The van der Waals surface area contributed by atoms with Crippen molar-refractivity contribution in [1.29, 1.82) is 0 Å². The quantitative estimate of drug-likeness (QED) is 0.471. The van der Waals surface area contributed by atoms with Crippen molar-refractivity contribution in [2.24, 2.45) is 0 Å². The van der Waals surface area contributed by atoms with Crippen molar-refractivity contribution in [3.8, 4) is 0 Å². The van der Waals surface area contributed by atoms with Gasteiger partial charge in [0.15, 0.2) is 0 Å². The van der Waals surface area contributed by atoms with E-state index in [1.54, 1.807) is 4.90 Å². The molecule has 124 valence electrons. The Morgan fingerprint density at radius 3 is 2.74 bits per heavy atom. The van der Waals surface area contributed by atoms with Gasteiger partial charge in [0, 0.05) is 19.2 Å². The number of carbonyl (C=O) groups is 2. The zero-order chi connectivity index (χ0) is 16.8. The molecule has 1 aliphatic heterocycles. The molecular weight excluding hydrogens is 322 g/mol. The predicted molar refractivity (Wildman–Crippen MR) is 83.9 cm³/mol. The summed E-state index contributed by atoms with van der Waals surface area (Å²) in [4.78, 5) is 40.0. The minimum atomic E-state index is -0.912. The summed E-state index contributed by atoms with van der Waals surface area (Å²) in [6, 6.07) is 8.89. The van der Waals surface area contributed by atoms with Crippen LogP contribution in [0.1, 0.15) is 17.9 Å². The van der Waals surface area contributed by atoms with Gasteiger partial charge in [0.25, 0.3) is 5.09 Å². The summed E-state index contributed by atoms with van der Waals surface area (Å²) in [7, 11) is 0. The molecule has 1 saturated heterocycles. The van der Waals surface area contributed by atoms with Crippen LogP contribution in [-0.2, 0) is 14.4 Å². The highest BCUT2D eigenvalue weighted by atomic mass is 32.2. The number of carbonyl (C=O) groups excluding carboxylic acids is 2. The normalized spacial score (nSPS) is 20.1. The lowest BCUT2D eigenvalue weighted by molar-refractivity contribution is -0.757. The Hall–Kier alpha value is -2.29. The molecule has 2 amide bonds. The smallest absolute Gasteiger partial charge is 0.294 e. The van der Waals surface area contributed by atoms with Gasteiger partial charge in [0.1, 0.15) is 18.0 Å². The summed E-state index contributed by atoms with van der Waals surface area (Å²) in [5.74, 6) is -0.0511. The molecule has 1 N–H and O–H groups in total. The number of hydrogen-bond donors (Lipinski definition) is 1. The van der Waals surface area contributed by atoms with E-state index >= 15 is 0 Å². The van der Waals surface area contributed by atoms with Gasteiger partial charge in [-0.05, 0) is 5.56 Å². The summed E-state index contributed by atoms with van der Waals surface area (Å²) in [5, 5.41) is 11.5. The number of nitrogens with one attached hydrogen (secondary N) is 1. The van der Waals surface area contributed by atoms with Crippen LogP contribution in [0.3, 0.4) is 0 Å². The lowest BCUT2D eigenvalue weighted by atomic mass is 10.1. The van der Waals surface area contributed by atoms with E-state index in [1.807, 2.05) is 30.3 Å². The predicted octanol–water partition coefficient (Wildman–Crippen LogP) is 0.974. The van der Waals surface area contributed by atoms with Crippen LogP contribution in [-0.4, -0.2) is 46.7 Å². The van der Waals surface area contributed by atoms with E-state index < -0.39 is 11.1 Å². The van der Waals surface area contributed by atoms with Gasteiger partial charge in [0.05, 0.1) is 0 Å². The van der Waals surface area contributed by atoms with Crippen LogP contribution < -0.4 is 5.32 Å². The molecule has 0 spiro atoms. The van der Waals surface area contributed by atoms with E-state index in [0.717, 1.165) is 5.56 Å². The van der Waals surface area contributed by atoms with Crippen molar-refractivity contribution >= 4 is 23.6 Å². The van der Waals surface area contributed by atoms with Crippen molar-refractivity contribution in [3.63, 3.8) is 0 Å². The highest BCUT2D eigenvalue weighted by molar-refractivity contribution is 7.99. The molecule has 0 radical (unpaired) electrons. The lowest BCUT2D eigenvalue weighted by Gasteiger charge is -2.27. The van der Waals surface area contributed by atoms with Crippen LogP contribution in [0.2, 0.25) is 0 Å². The van der Waals surface area contributed by atoms with Crippen molar-refractivity contribution in [3.05, 3.63) is 46.0 Å². The summed E-state index contributed by atoms with van der Waals surface area (Å²) in [5.41, 5.74) is 0.958. The van der Waals surface area contributed by atoms with E-state index in [1.165, 1.54) is 18.7 Å². The van der Waals surface area contributed by atoms with E-state index in [2.05, 4.69) is 10.2 Å². The van der Waals surface area contributed by atoms with Crippen LogP contribution in [0.5, 0.6) is 0 Å². The number of amides is 2. The summed E-state index contributed by atoms with van der Waals surface area (Å²) in [6.45, 7) is 1.22. The topological polar surface area (TPSA) is 102 Å². The third-order valence-corrected chi connectivity index (χ3v) is 4.67. The Morgan fingerprint density at radius 1 is 1.43 bits per heavy atom. The molecule has 1 aromatic carbocycles. The maximum Gasteiger partial charge on any atom is 0.294 e. The molecular formula is C14H17N3O5S. The van der Waals surface area contributed by atoms with E-state index in [9.17, 15) is 19.7 Å². The highest BCUT2D eigenvalue weighted by Gasteiger charge is 2.40. The van der Waals surface area contributed by atoms with Gasteiger partial charge in [-0.1, -0.05) is 30.3 Å². The SMILES string of the molecule is CC(=O)N1C(C(=O)NCCO[N+](=O)[O-])CSC1c1ccccc1. The first-order valence-corrected chi connectivity index (χ1v) is 8.06. The second-order valence-electron chi connectivity index (χ2n) is 4.89. The van der Waals surface area contributed by atoms with Crippen molar-refractivity contribution < 1.29 is 19.5 Å². The first kappa shape index (κ1) is 17.1. The second-order valence-corrected chi connectivity index (χ2v) is 6.00. The zero-order valence-electron chi connectivity index (χ0n) is 12.5. The number of rotatable bonds is 6. The summed E-state index contributed by atoms with van der Waals surface area (Å²) < 4.78 is 0. The van der Waals surface area contributed by atoms with Crippen LogP contribution in [0.25, 0.3) is 0 Å². The number of benzene rings is 1. The van der Waals surface area contributed by atoms with E-state index in [-0.39, 0.29) is 30.3 Å². The molecule has 1 aromatic rings. The van der Waals surface area contributed by atoms with Crippen LogP contribution in [0.4, 0.5) is 0 Å². The van der Waals surface area contributed by atoms with Gasteiger partial charge >= 0.3 is 0 Å². The third kappa shape index (κ3) is 4.35. The van der Waals surface area contributed by atoms with Gasteiger partial charge < -0.3 is 15.1 Å². The fourth-order valence-electron chi connectivity index (χ4n) is 2.38. The van der Waals surface area contributed by atoms with Crippen LogP contribution >= 0.6 is 11.8 Å². The second kappa shape index (κ2) is 7.82. The number of nitrogens with zero attached hydrogens (tertiary/aromatic N) is 2. The average Bonchev–Trinajstić information content (AvgIpc) is 2.97. The Labute approximate surface area is 137 Å². The van der Waals surface area contributed by atoms with Gasteiger partial charge in [-0.25, -0.2) is 0 Å². The molecule has 1 aliphatic rings. The van der Waals surface area contributed by atoms with E-state index in [4.69, 9.17) is 0 Å². The first-order chi connectivity index (χ1) is 11.0. The Kier molecular flexibility index (Phi) is 5.80. The van der Waals surface area contributed by atoms with Crippen molar-refractivity contribution in [2.75, 3.05) is 18.9 Å². The Balaban J connectivity index is 2.00. The molecule has 0 aliphatic carbocycles. The van der Waals surface area contributed by atoms with Gasteiger partial charge in [-0.3, -0.25) is 9.59 Å². The van der Waals surface area contributed by atoms with Crippen LogP contribution in [0.15, 0.2) is 30.3 Å². The molecule has 2 atom stereocenters. The van der Waals surface area contributed by atoms with Gasteiger partial charge in [0.2, 0.25) is 11.8 Å². The fraction of sp³-hybridized carbons (Fsp3) is 0.429. The molecule has 8 nitrogen and oxygen atoms in total. The van der Waals surface area contributed by atoms with Crippen molar-refractivity contribution in [1.82, 2.24) is 10.2 Å². The van der Waals surface area contributed by atoms with Crippen LogP contribution in [0, 0.1) is 10.1 Å². The molecule has 2 unspecified atom stereocenters. The monoisotopic (exact) mass is 339 g/mol.